The maximum absolute atomic E-state index is 12.4. The van der Waals surface area contributed by atoms with E-state index in [1.807, 2.05) is 25.1 Å². The molecule has 124 valence electrons. The fourth-order valence-corrected chi connectivity index (χ4v) is 3.77. The van der Waals surface area contributed by atoms with Crippen LogP contribution >= 0.6 is 0 Å². The number of benzene rings is 1. The Morgan fingerprint density at radius 1 is 1.22 bits per heavy atom. The molecule has 1 aromatic carbocycles. The molecule has 5 nitrogen and oxygen atoms in total. The van der Waals surface area contributed by atoms with Gasteiger partial charge in [0.25, 0.3) is 5.79 Å². The molecule has 2 unspecified atom stereocenters. The summed E-state index contributed by atoms with van der Waals surface area (Å²) in [6.07, 6.45) is 5.85. The number of fused-ring (bicyclic) bond motifs is 1. The first-order valence-electron chi connectivity index (χ1n) is 8.58. The number of hydrogen-bond acceptors (Lipinski definition) is 4. The van der Waals surface area contributed by atoms with E-state index in [0.29, 0.717) is 6.61 Å². The van der Waals surface area contributed by atoms with Crippen LogP contribution in [0.2, 0.25) is 0 Å². The van der Waals surface area contributed by atoms with Crippen molar-refractivity contribution in [2.24, 2.45) is 5.92 Å². The average molecular weight is 317 g/mol. The number of carbonyl (C=O) groups excluding carboxylic acids is 1. The predicted octanol–water partition coefficient (Wildman–Crippen LogP) is 3.48. The summed E-state index contributed by atoms with van der Waals surface area (Å²) in [5.41, 5.74) is 0.770. The Balaban J connectivity index is 1.44. The molecule has 23 heavy (non-hydrogen) atoms. The lowest BCUT2D eigenvalue weighted by atomic mass is 9.95. The minimum atomic E-state index is -0.457. The number of amides is 1. The van der Waals surface area contributed by atoms with Gasteiger partial charge in [-0.05, 0) is 44.7 Å². The molecule has 1 amide bonds. The third-order valence-electron chi connectivity index (χ3n) is 5.02. The summed E-state index contributed by atoms with van der Waals surface area (Å²) >= 11 is 0. The minimum Gasteiger partial charge on any atom is -0.448 e. The Morgan fingerprint density at radius 3 is 2.78 bits per heavy atom. The Kier molecular flexibility index (Phi) is 3.68. The van der Waals surface area contributed by atoms with Crippen molar-refractivity contribution < 1.29 is 19.0 Å². The number of rotatable bonds is 2. The largest absolute Gasteiger partial charge is 0.448 e. The maximum atomic E-state index is 12.4. The van der Waals surface area contributed by atoms with E-state index in [1.165, 1.54) is 0 Å². The molecule has 1 spiro atoms. The van der Waals surface area contributed by atoms with Crippen LogP contribution in [0.4, 0.5) is 5.69 Å². The van der Waals surface area contributed by atoms with Crippen molar-refractivity contribution >= 4 is 11.6 Å². The van der Waals surface area contributed by atoms with Crippen LogP contribution in [0.15, 0.2) is 18.2 Å². The van der Waals surface area contributed by atoms with Crippen molar-refractivity contribution in [1.82, 2.24) is 0 Å². The lowest BCUT2D eigenvalue weighted by Crippen LogP contribution is -2.34. The number of carbonyl (C=O) groups is 1. The lowest BCUT2D eigenvalue weighted by Gasteiger charge is -2.26. The van der Waals surface area contributed by atoms with Crippen LogP contribution in [-0.2, 0) is 9.53 Å². The van der Waals surface area contributed by atoms with Crippen molar-refractivity contribution in [3.8, 4) is 11.5 Å². The van der Waals surface area contributed by atoms with Crippen LogP contribution in [0.5, 0.6) is 11.5 Å². The van der Waals surface area contributed by atoms with Gasteiger partial charge in [0, 0.05) is 37.1 Å². The van der Waals surface area contributed by atoms with Gasteiger partial charge in [-0.25, -0.2) is 0 Å². The molecule has 2 atom stereocenters. The molecule has 2 fully saturated rings. The van der Waals surface area contributed by atoms with Crippen LogP contribution in [0.25, 0.3) is 0 Å². The third-order valence-corrected chi connectivity index (χ3v) is 5.02. The van der Waals surface area contributed by atoms with Crippen molar-refractivity contribution in [3.05, 3.63) is 18.2 Å². The molecule has 2 heterocycles. The van der Waals surface area contributed by atoms with Crippen LogP contribution in [0, 0.1) is 5.92 Å². The SMILES string of the molecule is CC1CC(C(=O)Nc2ccc3c(c2)OC2(CCCC2)O3)CCO1. The average Bonchev–Trinajstić information content (AvgIpc) is 3.13. The van der Waals surface area contributed by atoms with E-state index in [4.69, 9.17) is 14.2 Å². The number of ether oxygens (including phenoxy) is 3. The highest BCUT2D eigenvalue weighted by Crippen LogP contribution is 2.47. The maximum Gasteiger partial charge on any atom is 0.251 e. The number of anilines is 1. The molecule has 2 aliphatic heterocycles. The summed E-state index contributed by atoms with van der Waals surface area (Å²) < 4.78 is 17.5. The van der Waals surface area contributed by atoms with Gasteiger partial charge in [-0.1, -0.05) is 0 Å². The normalized spacial score (nSPS) is 28.0. The Bertz CT molecular complexity index is 609. The summed E-state index contributed by atoms with van der Waals surface area (Å²) in [5.74, 6) is 1.15. The van der Waals surface area contributed by atoms with Crippen molar-refractivity contribution in [2.45, 2.75) is 57.3 Å². The number of hydrogen-bond donors (Lipinski definition) is 1. The van der Waals surface area contributed by atoms with Gasteiger partial charge < -0.3 is 19.5 Å². The van der Waals surface area contributed by atoms with Crippen LogP contribution in [-0.4, -0.2) is 24.4 Å². The zero-order chi connectivity index (χ0) is 15.9. The summed E-state index contributed by atoms with van der Waals surface area (Å²) in [7, 11) is 0. The molecule has 0 bridgehead atoms. The van der Waals surface area contributed by atoms with Crippen molar-refractivity contribution in [3.63, 3.8) is 0 Å². The van der Waals surface area contributed by atoms with Gasteiger partial charge in [0.1, 0.15) is 0 Å². The summed E-state index contributed by atoms with van der Waals surface area (Å²) in [4.78, 5) is 12.4. The molecule has 0 radical (unpaired) electrons. The molecule has 1 aliphatic carbocycles. The Morgan fingerprint density at radius 2 is 2.00 bits per heavy atom. The van der Waals surface area contributed by atoms with Gasteiger partial charge in [-0.15, -0.1) is 0 Å². The highest BCUT2D eigenvalue weighted by molar-refractivity contribution is 5.93. The topological polar surface area (TPSA) is 56.8 Å². The first kappa shape index (κ1) is 14.8. The van der Waals surface area contributed by atoms with E-state index >= 15 is 0 Å². The molecule has 1 aromatic rings. The van der Waals surface area contributed by atoms with Gasteiger partial charge >= 0.3 is 0 Å². The zero-order valence-electron chi connectivity index (χ0n) is 13.5. The Hall–Kier alpha value is -1.75. The van der Waals surface area contributed by atoms with Gasteiger partial charge in [-0.2, -0.15) is 0 Å². The molecular formula is C18H23NO4. The highest BCUT2D eigenvalue weighted by Gasteiger charge is 2.44. The molecule has 1 saturated heterocycles. The monoisotopic (exact) mass is 317 g/mol. The predicted molar refractivity (Wildman–Crippen MR) is 85.7 cm³/mol. The zero-order valence-corrected chi connectivity index (χ0v) is 13.5. The van der Waals surface area contributed by atoms with E-state index in [2.05, 4.69) is 5.32 Å². The second kappa shape index (κ2) is 5.71. The second-order valence-electron chi connectivity index (χ2n) is 6.88. The van der Waals surface area contributed by atoms with Crippen LogP contribution in [0.3, 0.4) is 0 Å². The number of nitrogens with one attached hydrogen (secondary N) is 1. The van der Waals surface area contributed by atoms with E-state index in [1.54, 1.807) is 0 Å². The first-order chi connectivity index (χ1) is 11.1. The molecule has 3 aliphatic rings. The van der Waals surface area contributed by atoms with Gasteiger partial charge in [0.15, 0.2) is 11.5 Å². The second-order valence-corrected chi connectivity index (χ2v) is 6.88. The standard InChI is InChI=1S/C18H23NO4/c1-12-10-13(6-9-21-12)17(20)19-14-4-5-15-16(11-14)23-18(22-15)7-2-3-8-18/h4-5,11-13H,2-3,6-10H2,1H3,(H,19,20). The molecular weight excluding hydrogens is 294 g/mol. The summed E-state index contributed by atoms with van der Waals surface area (Å²) in [6.45, 7) is 2.67. The minimum absolute atomic E-state index is 0.0188. The van der Waals surface area contributed by atoms with Crippen molar-refractivity contribution in [1.29, 1.82) is 0 Å². The summed E-state index contributed by atoms with van der Waals surface area (Å²) in [5, 5.41) is 3.01. The highest BCUT2D eigenvalue weighted by atomic mass is 16.7. The molecule has 0 aromatic heterocycles. The Labute approximate surface area is 136 Å². The lowest BCUT2D eigenvalue weighted by molar-refractivity contribution is -0.124. The van der Waals surface area contributed by atoms with Crippen LogP contribution < -0.4 is 14.8 Å². The van der Waals surface area contributed by atoms with Gasteiger partial charge in [0.05, 0.1) is 6.10 Å². The summed E-state index contributed by atoms with van der Waals surface area (Å²) in [6, 6.07) is 5.66. The molecule has 4 rings (SSSR count). The third kappa shape index (κ3) is 2.90. The molecule has 1 N–H and O–H groups in total. The quantitative estimate of drug-likeness (QED) is 0.907. The molecule has 5 heteroatoms. The van der Waals surface area contributed by atoms with E-state index in [-0.39, 0.29) is 17.9 Å². The van der Waals surface area contributed by atoms with E-state index in [0.717, 1.165) is 55.7 Å². The molecule has 1 saturated carbocycles. The smallest absolute Gasteiger partial charge is 0.251 e. The first-order valence-corrected chi connectivity index (χ1v) is 8.58. The van der Waals surface area contributed by atoms with Gasteiger partial charge in [0.2, 0.25) is 5.91 Å². The van der Waals surface area contributed by atoms with Gasteiger partial charge in [-0.3, -0.25) is 4.79 Å². The van der Waals surface area contributed by atoms with E-state index in [9.17, 15) is 4.79 Å². The fourth-order valence-electron chi connectivity index (χ4n) is 3.77. The van der Waals surface area contributed by atoms with Crippen LogP contribution in [0.1, 0.15) is 45.4 Å². The van der Waals surface area contributed by atoms with Crippen molar-refractivity contribution in [2.75, 3.05) is 11.9 Å². The van der Waals surface area contributed by atoms with E-state index < -0.39 is 5.79 Å². The fraction of sp³-hybridized carbons (Fsp3) is 0.611.